The third-order valence-electron chi connectivity index (χ3n) is 3.89. The highest BCUT2D eigenvalue weighted by Gasteiger charge is 2.18. The summed E-state index contributed by atoms with van der Waals surface area (Å²) in [5, 5.41) is 15.1. The van der Waals surface area contributed by atoms with E-state index in [2.05, 4.69) is 10.1 Å². The number of pyridine rings is 1. The third kappa shape index (κ3) is 2.13. The number of nitrogens with zero attached hydrogens (tertiary/aromatic N) is 3. The number of hydrogen-bond donors (Lipinski definition) is 1. The Morgan fingerprint density at radius 3 is 2.92 bits per heavy atom. The smallest absolute Gasteiger partial charge is 0.354 e. The van der Waals surface area contributed by atoms with Crippen molar-refractivity contribution < 1.29 is 18.7 Å². The lowest BCUT2D eigenvalue weighted by Crippen LogP contribution is -2.04. The fourth-order valence-corrected chi connectivity index (χ4v) is 2.80. The number of halogens is 1. The van der Waals surface area contributed by atoms with Gasteiger partial charge in [0.25, 0.3) is 0 Å². The first-order valence-electron chi connectivity index (χ1n) is 7.31. The lowest BCUT2D eigenvalue weighted by Gasteiger charge is -1.99. The minimum atomic E-state index is -1.14. The molecule has 0 spiro atoms. The van der Waals surface area contributed by atoms with Crippen LogP contribution in [0.4, 0.5) is 4.39 Å². The molecule has 0 saturated carbocycles. The van der Waals surface area contributed by atoms with Crippen molar-refractivity contribution >= 4 is 27.8 Å². The SMILES string of the molecule is O=C(O)c1cc2c(cn1)c(-c1coc3ccccc13)nn2CCF. The number of alkyl halides is 1. The summed E-state index contributed by atoms with van der Waals surface area (Å²) in [5.74, 6) is -1.14. The van der Waals surface area contributed by atoms with E-state index >= 15 is 0 Å². The Labute approximate surface area is 135 Å². The van der Waals surface area contributed by atoms with Gasteiger partial charge in [-0.3, -0.25) is 4.68 Å². The monoisotopic (exact) mass is 325 g/mol. The van der Waals surface area contributed by atoms with Crippen molar-refractivity contribution in [3.63, 3.8) is 0 Å². The zero-order valence-corrected chi connectivity index (χ0v) is 12.4. The largest absolute Gasteiger partial charge is 0.477 e. The Balaban J connectivity index is 2.00. The van der Waals surface area contributed by atoms with Gasteiger partial charge in [0, 0.05) is 22.5 Å². The Morgan fingerprint density at radius 2 is 2.12 bits per heavy atom. The molecule has 0 aliphatic heterocycles. The summed E-state index contributed by atoms with van der Waals surface area (Å²) in [6, 6.07) is 8.93. The van der Waals surface area contributed by atoms with Crippen molar-refractivity contribution in [1.82, 2.24) is 14.8 Å². The number of hydrogen-bond acceptors (Lipinski definition) is 4. The predicted molar refractivity (Wildman–Crippen MR) is 85.7 cm³/mol. The molecule has 0 aliphatic carbocycles. The van der Waals surface area contributed by atoms with Crippen LogP contribution < -0.4 is 0 Å². The van der Waals surface area contributed by atoms with Gasteiger partial charge >= 0.3 is 5.97 Å². The summed E-state index contributed by atoms with van der Waals surface area (Å²) in [6.45, 7) is -0.567. The molecule has 120 valence electrons. The molecule has 4 rings (SSSR count). The second-order valence-electron chi connectivity index (χ2n) is 5.30. The molecule has 3 heterocycles. The number of carbonyl (C=O) groups is 1. The summed E-state index contributed by atoms with van der Waals surface area (Å²) in [6.07, 6.45) is 3.05. The van der Waals surface area contributed by atoms with E-state index in [1.165, 1.54) is 16.9 Å². The fourth-order valence-electron chi connectivity index (χ4n) is 2.80. The van der Waals surface area contributed by atoms with Gasteiger partial charge in [0.15, 0.2) is 0 Å². The molecule has 0 atom stereocenters. The lowest BCUT2D eigenvalue weighted by molar-refractivity contribution is 0.0690. The van der Waals surface area contributed by atoms with Crippen LogP contribution >= 0.6 is 0 Å². The fraction of sp³-hybridized carbons (Fsp3) is 0.118. The van der Waals surface area contributed by atoms with Crippen LogP contribution in [0.3, 0.4) is 0 Å². The maximum absolute atomic E-state index is 12.9. The molecule has 0 aliphatic rings. The summed E-state index contributed by atoms with van der Waals surface area (Å²) in [4.78, 5) is 15.1. The molecule has 0 unspecified atom stereocenters. The van der Waals surface area contributed by atoms with Crippen molar-refractivity contribution in [2.45, 2.75) is 6.54 Å². The van der Waals surface area contributed by atoms with Gasteiger partial charge < -0.3 is 9.52 Å². The number of carboxylic acids is 1. The quantitative estimate of drug-likeness (QED) is 0.621. The normalized spacial score (nSPS) is 11.4. The average Bonchev–Trinajstić information content (AvgIpc) is 3.16. The molecule has 3 aromatic heterocycles. The molecule has 0 bridgehead atoms. The zero-order valence-electron chi connectivity index (χ0n) is 12.4. The van der Waals surface area contributed by atoms with E-state index in [9.17, 15) is 9.18 Å². The van der Waals surface area contributed by atoms with Gasteiger partial charge in [0.05, 0.1) is 12.1 Å². The first kappa shape index (κ1) is 14.4. The van der Waals surface area contributed by atoms with Crippen LogP contribution in [0.2, 0.25) is 0 Å². The molecule has 0 saturated heterocycles. The number of aromatic carboxylic acids is 1. The number of benzene rings is 1. The second-order valence-corrected chi connectivity index (χ2v) is 5.30. The number of aryl methyl sites for hydroxylation is 1. The van der Waals surface area contributed by atoms with E-state index in [1.807, 2.05) is 24.3 Å². The Bertz CT molecular complexity index is 1070. The first-order chi connectivity index (χ1) is 11.7. The highest BCUT2D eigenvalue weighted by Crippen LogP contribution is 2.34. The summed E-state index contributed by atoms with van der Waals surface area (Å²) in [5.41, 5.74) is 2.49. The Hall–Kier alpha value is -3.22. The molecule has 0 amide bonds. The number of furan rings is 1. The van der Waals surface area contributed by atoms with Crippen LogP contribution in [0.15, 0.2) is 47.2 Å². The molecule has 1 N–H and O–H groups in total. The van der Waals surface area contributed by atoms with E-state index < -0.39 is 12.6 Å². The van der Waals surface area contributed by atoms with Gasteiger partial charge in [0.1, 0.15) is 29.9 Å². The van der Waals surface area contributed by atoms with Crippen LogP contribution in [0.5, 0.6) is 0 Å². The summed E-state index contributed by atoms with van der Waals surface area (Å²) < 4.78 is 19.9. The van der Waals surface area contributed by atoms with Gasteiger partial charge in [-0.05, 0) is 12.1 Å². The van der Waals surface area contributed by atoms with Gasteiger partial charge in [-0.15, -0.1) is 0 Å². The van der Waals surface area contributed by atoms with Crippen LogP contribution in [-0.4, -0.2) is 32.5 Å². The second kappa shape index (κ2) is 5.45. The minimum absolute atomic E-state index is 0.0371. The molecule has 4 aromatic rings. The topological polar surface area (TPSA) is 81.2 Å². The van der Waals surface area contributed by atoms with E-state index in [0.717, 1.165) is 16.5 Å². The standard InChI is InChI=1S/C17H12FN3O3/c18-5-6-21-14-7-13(17(22)23)19-8-11(14)16(20-21)12-9-24-15-4-2-1-3-10(12)15/h1-4,7-9H,5-6H2,(H,22,23). The van der Waals surface area contributed by atoms with Crippen molar-refractivity contribution in [1.29, 1.82) is 0 Å². The Morgan fingerprint density at radius 1 is 1.29 bits per heavy atom. The number of para-hydroxylation sites is 1. The van der Waals surface area contributed by atoms with Crippen LogP contribution in [-0.2, 0) is 6.54 Å². The third-order valence-corrected chi connectivity index (χ3v) is 3.89. The molecule has 0 radical (unpaired) electrons. The maximum Gasteiger partial charge on any atom is 0.354 e. The molecule has 0 fully saturated rings. The van der Waals surface area contributed by atoms with Crippen LogP contribution in [0.25, 0.3) is 33.1 Å². The summed E-state index contributed by atoms with van der Waals surface area (Å²) in [7, 11) is 0. The lowest BCUT2D eigenvalue weighted by atomic mass is 10.1. The Kier molecular flexibility index (Phi) is 3.26. The van der Waals surface area contributed by atoms with E-state index in [1.54, 1.807) is 6.26 Å². The van der Waals surface area contributed by atoms with Crippen LogP contribution in [0, 0.1) is 0 Å². The van der Waals surface area contributed by atoms with E-state index in [4.69, 9.17) is 9.52 Å². The van der Waals surface area contributed by atoms with Crippen molar-refractivity contribution in [2.24, 2.45) is 0 Å². The maximum atomic E-state index is 12.9. The molecule has 24 heavy (non-hydrogen) atoms. The van der Waals surface area contributed by atoms with Crippen molar-refractivity contribution in [2.75, 3.05) is 6.67 Å². The molecule has 6 nitrogen and oxygen atoms in total. The average molecular weight is 325 g/mol. The first-order valence-corrected chi connectivity index (χ1v) is 7.31. The highest BCUT2D eigenvalue weighted by atomic mass is 19.1. The van der Waals surface area contributed by atoms with Gasteiger partial charge in [-0.25, -0.2) is 14.2 Å². The summed E-state index contributed by atoms with van der Waals surface area (Å²) >= 11 is 0. The number of aromatic nitrogens is 3. The minimum Gasteiger partial charge on any atom is -0.477 e. The van der Waals surface area contributed by atoms with Crippen molar-refractivity contribution in [3.05, 3.63) is 48.5 Å². The number of rotatable bonds is 4. The zero-order chi connectivity index (χ0) is 16.7. The molecule has 1 aromatic carbocycles. The molecular weight excluding hydrogens is 313 g/mol. The van der Waals surface area contributed by atoms with E-state index in [0.29, 0.717) is 16.6 Å². The highest BCUT2D eigenvalue weighted by molar-refractivity contribution is 6.03. The molecular formula is C17H12FN3O3. The van der Waals surface area contributed by atoms with Crippen LogP contribution in [0.1, 0.15) is 10.5 Å². The van der Waals surface area contributed by atoms with Crippen molar-refractivity contribution in [3.8, 4) is 11.3 Å². The van der Waals surface area contributed by atoms with E-state index in [-0.39, 0.29) is 12.2 Å². The number of fused-ring (bicyclic) bond motifs is 2. The van der Waals surface area contributed by atoms with Gasteiger partial charge in [-0.2, -0.15) is 5.10 Å². The predicted octanol–water partition coefficient (Wildman–Crippen LogP) is 3.51. The number of carboxylic acid groups (broad SMARTS) is 1. The van der Waals surface area contributed by atoms with Gasteiger partial charge in [-0.1, -0.05) is 18.2 Å². The van der Waals surface area contributed by atoms with Gasteiger partial charge in [0.2, 0.25) is 0 Å². The molecule has 7 heteroatoms.